The molecule has 1 aliphatic heterocycles. The number of carbonyl (C=O) groups is 2. The summed E-state index contributed by atoms with van der Waals surface area (Å²) in [5.41, 5.74) is 1.88. The number of hydrogen-bond acceptors (Lipinski definition) is 3. The molecule has 122 valence electrons. The first kappa shape index (κ1) is 15.5. The molecule has 6 nitrogen and oxygen atoms in total. The number of aromatic amines is 1. The second-order valence-electron chi connectivity index (χ2n) is 6.14. The van der Waals surface area contributed by atoms with E-state index >= 15 is 0 Å². The van der Waals surface area contributed by atoms with Gasteiger partial charge in [0.05, 0.1) is 18.1 Å². The summed E-state index contributed by atoms with van der Waals surface area (Å²) in [6.07, 6.45) is 5.73. The molecule has 1 aromatic heterocycles. The standard InChI is InChI=1S/C17H21N3O3/c21-16(10-12-4-5-13-11-18-19-15(13)9-12)20-8-2-1-3-14(20)6-7-17(22)23/h4-5,9,11,14H,1-3,6-8,10H2,(H,18,19)(H,22,23). The van der Waals surface area contributed by atoms with E-state index in [1.165, 1.54) is 0 Å². The monoisotopic (exact) mass is 315 g/mol. The Hall–Kier alpha value is -2.37. The van der Waals surface area contributed by atoms with Crippen LogP contribution in [0.5, 0.6) is 0 Å². The summed E-state index contributed by atoms with van der Waals surface area (Å²) in [6, 6.07) is 5.92. The van der Waals surface area contributed by atoms with E-state index in [4.69, 9.17) is 5.11 Å². The highest BCUT2D eigenvalue weighted by molar-refractivity contribution is 5.83. The maximum Gasteiger partial charge on any atom is 0.303 e. The summed E-state index contributed by atoms with van der Waals surface area (Å²) >= 11 is 0. The number of nitrogens with one attached hydrogen (secondary N) is 1. The molecule has 0 spiro atoms. The van der Waals surface area contributed by atoms with Crippen LogP contribution in [0.15, 0.2) is 24.4 Å². The largest absolute Gasteiger partial charge is 0.481 e. The summed E-state index contributed by atoms with van der Waals surface area (Å²) in [7, 11) is 0. The van der Waals surface area contributed by atoms with Crippen LogP contribution in [-0.4, -0.2) is 44.7 Å². The van der Waals surface area contributed by atoms with Crippen LogP contribution in [0.4, 0.5) is 0 Å². The third-order valence-electron chi connectivity index (χ3n) is 4.50. The lowest BCUT2D eigenvalue weighted by atomic mass is 9.97. The van der Waals surface area contributed by atoms with Gasteiger partial charge in [0.2, 0.25) is 5.91 Å². The third-order valence-corrected chi connectivity index (χ3v) is 4.50. The molecule has 3 rings (SSSR count). The van der Waals surface area contributed by atoms with Crippen LogP contribution in [0, 0.1) is 0 Å². The van der Waals surface area contributed by atoms with Crippen LogP contribution in [0.25, 0.3) is 10.9 Å². The zero-order chi connectivity index (χ0) is 16.2. The first-order chi connectivity index (χ1) is 11.1. The molecule has 23 heavy (non-hydrogen) atoms. The maximum absolute atomic E-state index is 12.6. The first-order valence-electron chi connectivity index (χ1n) is 8.07. The Kier molecular flexibility index (Phi) is 4.60. The molecule has 6 heteroatoms. The molecule has 0 radical (unpaired) electrons. The number of carboxylic acids is 1. The van der Waals surface area contributed by atoms with Gasteiger partial charge >= 0.3 is 5.97 Å². The van der Waals surface area contributed by atoms with Crippen LogP contribution in [-0.2, 0) is 16.0 Å². The molecular formula is C17H21N3O3. The van der Waals surface area contributed by atoms with Gasteiger partial charge in [0.15, 0.2) is 0 Å². The van der Waals surface area contributed by atoms with Crippen molar-refractivity contribution in [3.63, 3.8) is 0 Å². The molecule has 1 unspecified atom stereocenters. The van der Waals surface area contributed by atoms with Crippen LogP contribution >= 0.6 is 0 Å². The molecule has 2 N–H and O–H groups in total. The molecule has 1 atom stereocenters. The van der Waals surface area contributed by atoms with Gasteiger partial charge in [0.1, 0.15) is 0 Å². The zero-order valence-corrected chi connectivity index (χ0v) is 13.0. The van der Waals surface area contributed by atoms with Crippen LogP contribution in [0.2, 0.25) is 0 Å². The molecule has 1 amide bonds. The Morgan fingerprint density at radius 1 is 1.35 bits per heavy atom. The van der Waals surface area contributed by atoms with Gasteiger partial charge in [-0.2, -0.15) is 5.10 Å². The number of fused-ring (bicyclic) bond motifs is 1. The Balaban J connectivity index is 1.68. The zero-order valence-electron chi connectivity index (χ0n) is 13.0. The topological polar surface area (TPSA) is 86.3 Å². The number of H-pyrrole nitrogens is 1. The minimum atomic E-state index is -0.798. The lowest BCUT2D eigenvalue weighted by Crippen LogP contribution is -2.44. The Labute approximate surface area is 134 Å². The highest BCUT2D eigenvalue weighted by atomic mass is 16.4. The van der Waals surface area contributed by atoms with E-state index in [1.54, 1.807) is 6.20 Å². The molecule has 0 saturated carbocycles. The van der Waals surface area contributed by atoms with Gasteiger partial charge < -0.3 is 10.0 Å². The van der Waals surface area contributed by atoms with Crippen molar-refractivity contribution in [2.24, 2.45) is 0 Å². The fourth-order valence-electron chi connectivity index (χ4n) is 3.29. The average molecular weight is 315 g/mol. The summed E-state index contributed by atoms with van der Waals surface area (Å²) < 4.78 is 0. The average Bonchev–Trinajstić information content (AvgIpc) is 3.00. The van der Waals surface area contributed by atoms with E-state index in [0.29, 0.717) is 12.8 Å². The van der Waals surface area contributed by atoms with Crippen molar-refractivity contribution in [2.75, 3.05) is 6.54 Å². The fourth-order valence-corrected chi connectivity index (χ4v) is 3.29. The number of nitrogens with zero attached hydrogens (tertiary/aromatic N) is 2. The van der Waals surface area contributed by atoms with Gasteiger partial charge in [-0.15, -0.1) is 0 Å². The molecule has 0 aliphatic carbocycles. The molecule has 1 fully saturated rings. The highest BCUT2D eigenvalue weighted by Gasteiger charge is 2.26. The van der Waals surface area contributed by atoms with Gasteiger partial charge in [-0.3, -0.25) is 14.7 Å². The molecule has 2 aromatic rings. The second-order valence-corrected chi connectivity index (χ2v) is 6.14. The lowest BCUT2D eigenvalue weighted by Gasteiger charge is -2.35. The van der Waals surface area contributed by atoms with Crippen molar-refractivity contribution in [2.45, 2.75) is 44.6 Å². The van der Waals surface area contributed by atoms with Crippen LogP contribution in [0.3, 0.4) is 0 Å². The van der Waals surface area contributed by atoms with Gasteiger partial charge in [0, 0.05) is 24.4 Å². The predicted molar refractivity (Wildman–Crippen MR) is 86.0 cm³/mol. The van der Waals surface area contributed by atoms with Crippen molar-refractivity contribution in [3.05, 3.63) is 30.0 Å². The quantitative estimate of drug-likeness (QED) is 0.887. The van der Waals surface area contributed by atoms with Crippen molar-refractivity contribution >= 4 is 22.8 Å². The van der Waals surface area contributed by atoms with Crippen molar-refractivity contribution in [1.29, 1.82) is 0 Å². The summed E-state index contributed by atoms with van der Waals surface area (Å²) in [5.74, 6) is -0.716. The minimum Gasteiger partial charge on any atom is -0.481 e. The maximum atomic E-state index is 12.6. The Morgan fingerprint density at radius 3 is 3.04 bits per heavy atom. The van der Waals surface area contributed by atoms with E-state index in [-0.39, 0.29) is 18.4 Å². The van der Waals surface area contributed by atoms with Crippen molar-refractivity contribution in [1.82, 2.24) is 15.1 Å². The van der Waals surface area contributed by atoms with E-state index in [9.17, 15) is 9.59 Å². The number of carboxylic acid groups (broad SMARTS) is 1. The fraction of sp³-hybridized carbons (Fsp3) is 0.471. The van der Waals surface area contributed by atoms with Gasteiger partial charge in [-0.05, 0) is 37.3 Å². The minimum absolute atomic E-state index is 0.0586. The highest BCUT2D eigenvalue weighted by Crippen LogP contribution is 2.22. The summed E-state index contributed by atoms with van der Waals surface area (Å²) in [5, 5.41) is 16.8. The van der Waals surface area contributed by atoms with Gasteiger partial charge in [-0.1, -0.05) is 12.1 Å². The molecule has 0 bridgehead atoms. The van der Waals surface area contributed by atoms with E-state index < -0.39 is 5.97 Å². The summed E-state index contributed by atoms with van der Waals surface area (Å²) in [4.78, 5) is 25.3. The number of piperidine rings is 1. The number of rotatable bonds is 5. The predicted octanol–water partition coefficient (Wildman–Crippen LogP) is 2.35. The van der Waals surface area contributed by atoms with E-state index in [1.807, 2.05) is 23.1 Å². The van der Waals surface area contributed by atoms with Gasteiger partial charge in [-0.25, -0.2) is 0 Å². The molecule has 1 aromatic carbocycles. The SMILES string of the molecule is O=C(O)CCC1CCCCN1C(=O)Cc1ccc2cn[nH]c2c1. The van der Waals surface area contributed by atoms with Crippen molar-refractivity contribution in [3.8, 4) is 0 Å². The number of benzene rings is 1. The molecule has 2 heterocycles. The first-order valence-corrected chi connectivity index (χ1v) is 8.07. The number of carbonyl (C=O) groups excluding carboxylic acids is 1. The van der Waals surface area contributed by atoms with Gasteiger partial charge in [0.25, 0.3) is 0 Å². The van der Waals surface area contributed by atoms with Crippen LogP contribution in [0.1, 0.15) is 37.7 Å². The third kappa shape index (κ3) is 3.70. The van der Waals surface area contributed by atoms with Crippen molar-refractivity contribution < 1.29 is 14.7 Å². The van der Waals surface area contributed by atoms with E-state index in [0.717, 1.165) is 42.3 Å². The normalized spacial score (nSPS) is 18.3. The Morgan fingerprint density at radius 2 is 2.22 bits per heavy atom. The number of amides is 1. The van der Waals surface area contributed by atoms with E-state index in [2.05, 4.69) is 10.2 Å². The summed E-state index contributed by atoms with van der Waals surface area (Å²) in [6.45, 7) is 0.732. The molecular weight excluding hydrogens is 294 g/mol. The second kappa shape index (κ2) is 6.81. The lowest BCUT2D eigenvalue weighted by molar-refractivity contribution is -0.139. The molecule has 1 aliphatic rings. The Bertz CT molecular complexity index is 710. The number of likely N-dealkylation sites (tertiary alicyclic amines) is 1. The smallest absolute Gasteiger partial charge is 0.303 e. The molecule has 1 saturated heterocycles. The number of hydrogen-bond donors (Lipinski definition) is 2. The number of aromatic nitrogens is 2. The number of aliphatic carboxylic acids is 1. The van der Waals surface area contributed by atoms with Crippen LogP contribution < -0.4 is 0 Å².